The molecule has 3 rings (SSSR count). The fourth-order valence-corrected chi connectivity index (χ4v) is 4.52. The van der Waals surface area contributed by atoms with E-state index in [0.717, 1.165) is 23.1 Å². The van der Waals surface area contributed by atoms with Gasteiger partial charge in [0, 0.05) is 30.9 Å². The first-order chi connectivity index (χ1) is 13.3. The summed E-state index contributed by atoms with van der Waals surface area (Å²) in [7, 11) is -2.17. The van der Waals surface area contributed by atoms with Crippen LogP contribution < -0.4 is 9.46 Å². The first-order valence-electron chi connectivity index (χ1n) is 9.07. The molecular weight excluding hydrogens is 398 g/mol. The van der Waals surface area contributed by atoms with Gasteiger partial charge >= 0.3 is 0 Å². The molecule has 2 heterocycles. The van der Waals surface area contributed by atoms with E-state index in [2.05, 4.69) is 34.3 Å². The van der Waals surface area contributed by atoms with Crippen molar-refractivity contribution in [1.29, 1.82) is 0 Å². The van der Waals surface area contributed by atoms with Crippen molar-refractivity contribution in [1.82, 2.24) is 14.3 Å². The van der Waals surface area contributed by atoms with E-state index in [9.17, 15) is 8.42 Å². The minimum Gasteiger partial charge on any atom is -0.495 e. The van der Waals surface area contributed by atoms with Crippen LogP contribution in [0.25, 0.3) is 11.0 Å². The highest BCUT2D eigenvalue weighted by molar-refractivity contribution is 7.89. The number of ether oxygens (including phenoxy) is 1. The number of sulfonamides is 1. The molecule has 0 unspecified atom stereocenters. The second-order valence-electron chi connectivity index (χ2n) is 7.02. The third-order valence-electron chi connectivity index (χ3n) is 4.40. The van der Waals surface area contributed by atoms with E-state index < -0.39 is 10.0 Å². The lowest BCUT2D eigenvalue weighted by Gasteiger charge is -2.09. The average molecular weight is 422 g/mol. The Morgan fingerprint density at radius 1 is 1.29 bits per heavy atom. The lowest BCUT2D eigenvalue weighted by molar-refractivity contribution is 0.414. The van der Waals surface area contributed by atoms with Crippen molar-refractivity contribution in [3.63, 3.8) is 0 Å². The summed E-state index contributed by atoms with van der Waals surface area (Å²) in [5.41, 5.74) is 2.00. The van der Waals surface area contributed by atoms with Crippen LogP contribution in [-0.2, 0) is 23.0 Å². The minimum absolute atomic E-state index is 0.113. The molecule has 0 saturated carbocycles. The van der Waals surface area contributed by atoms with E-state index in [1.165, 1.54) is 19.2 Å². The Labute approximate surface area is 170 Å². The second-order valence-corrected chi connectivity index (χ2v) is 9.19. The molecule has 0 aliphatic carbocycles. The molecule has 0 radical (unpaired) electrons. The number of pyridine rings is 1. The first kappa shape index (κ1) is 20.6. The average Bonchev–Trinajstić information content (AvgIpc) is 2.99. The summed E-state index contributed by atoms with van der Waals surface area (Å²) in [6.45, 7) is 5.45. The molecule has 2 aromatic heterocycles. The maximum absolute atomic E-state index is 12.6. The maximum atomic E-state index is 12.6. The predicted molar refractivity (Wildman–Crippen MR) is 111 cm³/mol. The number of hydrogen-bond acceptors (Lipinski definition) is 4. The van der Waals surface area contributed by atoms with Crippen LogP contribution in [0.2, 0.25) is 5.02 Å². The van der Waals surface area contributed by atoms with E-state index >= 15 is 0 Å². The van der Waals surface area contributed by atoms with Crippen LogP contribution in [-0.4, -0.2) is 31.6 Å². The number of halogens is 1. The third-order valence-corrected chi connectivity index (χ3v) is 6.15. The second kappa shape index (κ2) is 8.51. The van der Waals surface area contributed by atoms with Gasteiger partial charge in [-0.3, -0.25) is 0 Å². The summed E-state index contributed by atoms with van der Waals surface area (Å²) in [5.74, 6) is 0.926. The molecule has 0 saturated heterocycles. The van der Waals surface area contributed by atoms with Crippen molar-refractivity contribution in [3.05, 3.63) is 53.3 Å². The molecule has 6 nitrogen and oxygen atoms in total. The van der Waals surface area contributed by atoms with Crippen LogP contribution in [0.4, 0.5) is 0 Å². The van der Waals surface area contributed by atoms with E-state index in [1.807, 2.05) is 12.1 Å². The first-order valence-corrected chi connectivity index (χ1v) is 10.9. The SMILES string of the molecule is COc1ccc(S(=O)(=O)NCCc2cn(CC(C)C)c3ncccc23)cc1Cl. The molecule has 0 aliphatic rings. The van der Waals surface area contributed by atoms with Crippen LogP contribution >= 0.6 is 11.6 Å². The molecule has 0 amide bonds. The highest BCUT2D eigenvalue weighted by atomic mass is 35.5. The number of nitrogens with one attached hydrogen (secondary N) is 1. The molecule has 0 atom stereocenters. The monoisotopic (exact) mass is 421 g/mol. The van der Waals surface area contributed by atoms with Gasteiger partial charge < -0.3 is 9.30 Å². The summed E-state index contributed by atoms with van der Waals surface area (Å²) < 4.78 is 35.0. The highest BCUT2D eigenvalue weighted by Gasteiger charge is 2.17. The zero-order valence-electron chi connectivity index (χ0n) is 16.1. The van der Waals surface area contributed by atoms with Gasteiger partial charge in [0.15, 0.2) is 0 Å². The van der Waals surface area contributed by atoms with Gasteiger partial charge in [-0.1, -0.05) is 25.4 Å². The zero-order valence-corrected chi connectivity index (χ0v) is 17.7. The molecular formula is C20H24ClN3O3S. The molecule has 28 heavy (non-hydrogen) atoms. The van der Waals surface area contributed by atoms with Crippen LogP contribution in [0.15, 0.2) is 47.6 Å². The number of methoxy groups -OCH3 is 1. The predicted octanol–water partition coefficient (Wildman–Crippen LogP) is 3.88. The normalized spacial score (nSPS) is 12.0. The van der Waals surface area contributed by atoms with E-state index in [-0.39, 0.29) is 16.5 Å². The van der Waals surface area contributed by atoms with Gasteiger partial charge in [0.1, 0.15) is 11.4 Å². The van der Waals surface area contributed by atoms with Crippen LogP contribution in [0.3, 0.4) is 0 Å². The molecule has 3 aromatic rings. The van der Waals surface area contributed by atoms with Crippen molar-refractivity contribution >= 4 is 32.7 Å². The fraction of sp³-hybridized carbons (Fsp3) is 0.350. The van der Waals surface area contributed by atoms with Gasteiger partial charge in [-0.15, -0.1) is 0 Å². The van der Waals surface area contributed by atoms with Crippen molar-refractivity contribution in [2.24, 2.45) is 5.92 Å². The van der Waals surface area contributed by atoms with Crippen molar-refractivity contribution < 1.29 is 13.2 Å². The third kappa shape index (κ3) is 4.48. The van der Waals surface area contributed by atoms with E-state index in [0.29, 0.717) is 18.1 Å². The Bertz CT molecular complexity index is 1080. The van der Waals surface area contributed by atoms with Crippen LogP contribution in [0.1, 0.15) is 19.4 Å². The van der Waals surface area contributed by atoms with Gasteiger partial charge in [0.2, 0.25) is 10.0 Å². The Kier molecular flexibility index (Phi) is 6.27. The number of hydrogen-bond donors (Lipinski definition) is 1. The van der Waals surface area contributed by atoms with Gasteiger partial charge in [0.25, 0.3) is 0 Å². The van der Waals surface area contributed by atoms with Crippen molar-refractivity contribution in [3.8, 4) is 5.75 Å². The quantitative estimate of drug-likeness (QED) is 0.599. The van der Waals surface area contributed by atoms with Gasteiger partial charge in [-0.05, 0) is 48.2 Å². The number of rotatable bonds is 8. The van der Waals surface area contributed by atoms with E-state index in [1.54, 1.807) is 12.3 Å². The Morgan fingerprint density at radius 2 is 2.07 bits per heavy atom. The van der Waals surface area contributed by atoms with Gasteiger partial charge in [-0.25, -0.2) is 18.1 Å². The summed E-state index contributed by atoms with van der Waals surface area (Å²) in [6, 6.07) is 8.33. The fourth-order valence-electron chi connectivity index (χ4n) is 3.14. The number of aromatic nitrogens is 2. The Hall–Kier alpha value is -2.09. The smallest absolute Gasteiger partial charge is 0.240 e. The summed E-state index contributed by atoms with van der Waals surface area (Å²) in [5, 5.41) is 1.31. The zero-order chi connectivity index (χ0) is 20.3. The summed E-state index contributed by atoms with van der Waals surface area (Å²) in [4.78, 5) is 4.60. The molecule has 0 fully saturated rings. The summed E-state index contributed by atoms with van der Waals surface area (Å²) in [6.07, 6.45) is 4.41. The number of benzene rings is 1. The number of fused-ring (bicyclic) bond motifs is 1. The van der Waals surface area contributed by atoms with E-state index in [4.69, 9.17) is 16.3 Å². The highest BCUT2D eigenvalue weighted by Crippen LogP contribution is 2.27. The summed E-state index contributed by atoms with van der Waals surface area (Å²) >= 11 is 6.05. The molecule has 0 spiro atoms. The molecule has 1 aromatic carbocycles. The number of nitrogens with zero attached hydrogens (tertiary/aromatic N) is 2. The van der Waals surface area contributed by atoms with Crippen LogP contribution in [0.5, 0.6) is 5.75 Å². The Balaban J connectivity index is 1.75. The van der Waals surface area contributed by atoms with Gasteiger partial charge in [-0.2, -0.15) is 0 Å². The maximum Gasteiger partial charge on any atom is 0.240 e. The largest absolute Gasteiger partial charge is 0.495 e. The topological polar surface area (TPSA) is 73.2 Å². The molecule has 1 N–H and O–H groups in total. The molecule has 150 valence electrons. The standard InChI is InChI=1S/C20H24ClN3O3S/c1-14(2)12-24-13-15(17-5-4-9-22-20(17)24)8-10-23-28(25,26)16-6-7-19(27-3)18(21)11-16/h4-7,9,11,13-14,23H,8,10,12H2,1-3H3. The lowest BCUT2D eigenvalue weighted by atomic mass is 10.2. The molecule has 8 heteroatoms. The van der Waals surface area contributed by atoms with Crippen LogP contribution in [0, 0.1) is 5.92 Å². The lowest BCUT2D eigenvalue weighted by Crippen LogP contribution is -2.26. The van der Waals surface area contributed by atoms with Crippen molar-refractivity contribution in [2.75, 3.05) is 13.7 Å². The molecule has 0 aliphatic heterocycles. The minimum atomic E-state index is -3.66. The van der Waals surface area contributed by atoms with Crippen molar-refractivity contribution in [2.45, 2.75) is 31.7 Å². The molecule has 0 bridgehead atoms. The Morgan fingerprint density at radius 3 is 2.75 bits per heavy atom. The van der Waals surface area contributed by atoms with Gasteiger partial charge in [0.05, 0.1) is 17.0 Å².